The fraction of sp³-hybridized carbons (Fsp3) is 0.455. The molecule has 0 spiro atoms. The average molecular weight is 193 g/mol. The van der Waals surface area contributed by atoms with E-state index in [1.807, 2.05) is 16.8 Å². The highest BCUT2D eigenvalue weighted by molar-refractivity contribution is 5.92. The van der Waals surface area contributed by atoms with Crippen molar-refractivity contribution in [3.63, 3.8) is 0 Å². The second kappa shape index (κ2) is 5.37. The van der Waals surface area contributed by atoms with Crippen molar-refractivity contribution < 1.29 is 9.36 Å². The lowest BCUT2D eigenvalue weighted by molar-refractivity contribution is -0.697. The number of aromatic nitrogens is 1. The number of amides is 1. The smallest absolute Gasteiger partial charge is 0.254 e. The quantitative estimate of drug-likeness (QED) is 0.555. The third-order valence-corrected chi connectivity index (χ3v) is 2.16. The minimum atomic E-state index is -0.366. The first kappa shape index (κ1) is 10.7. The summed E-state index contributed by atoms with van der Waals surface area (Å²) in [6.45, 7) is 3.12. The molecule has 0 atom stereocenters. The molecule has 3 heteroatoms. The maximum absolute atomic E-state index is 10.9. The maximum atomic E-state index is 10.9. The van der Waals surface area contributed by atoms with Crippen LogP contribution in [0.25, 0.3) is 0 Å². The molecule has 0 unspecified atom stereocenters. The summed E-state index contributed by atoms with van der Waals surface area (Å²) in [5.74, 6) is -0.366. The summed E-state index contributed by atoms with van der Waals surface area (Å²) in [5, 5.41) is 0. The molecule has 1 aromatic rings. The van der Waals surface area contributed by atoms with E-state index in [-0.39, 0.29) is 5.91 Å². The predicted octanol–water partition coefficient (Wildman–Crippen LogP) is 1.26. The highest BCUT2D eigenvalue weighted by Crippen LogP contribution is 1.95. The largest absolute Gasteiger partial charge is 0.365 e. The number of carbonyl (C=O) groups excluding carboxylic acids is 1. The number of rotatable bonds is 5. The van der Waals surface area contributed by atoms with E-state index >= 15 is 0 Å². The number of hydrogen-bond acceptors (Lipinski definition) is 1. The second-order valence-electron chi connectivity index (χ2n) is 3.40. The minimum absolute atomic E-state index is 0.366. The van der Waals surface area contributed by atoms with Gasteiger partial charge in [-0.15, -0.1) is 0 Å². The molecule has 1 amide bonds. The Labute approximate surface area is 84.6 Å². The van der Waals surface area contributed by atoms with Crippen LogP contribution in [-0.2, 0) is 6.54 Å². The number of primary amides is 1. The number of pyridine rings is 1. The molecule has 0 aliphatic carbocycles. The lowest BCUT2D eigenvalue weighted by atomic mass is 10.2. The van der Waals surface area contributed by atoms with Crippen molar-refractivity contribution in [3.8, 4) is 0 Å². The van der Waals surface area contributed by atoms with Crippen LogP contribution in [0.15, 0.2) is 24.5 Å². The summed E-state index contributed by atoms with van der Waals surface area (Å²) in [7, 11) is 0. The van der Waals surface area contributed by atoms with Crippen molar-refractivity contribution in [1.29, 1.82) is 0 Å². The summed E-state index contributed by atoms with van der Waals surface area (Å²) in [6, 6.07) is 3.59. The van der Waals surface area contributed by atoms with E-state index in [1.54, 1.807) is 12.3 Å². The maximum Gasteiger partial charge on any atom is 0.254 e. The molecule has 76 valence electrons. The molecule has 0 bridgehead atoms. The van der Waals surface area contributed by atoms with Gasteiger partial charge in [-0.05, 0) is 12.5 Å². The number of nitrogens with two attached hydrogens (primary N) is 1. The van der Waals surface area contributed by atoms with E-state index < -0.39 is 0 Å². The van der Waals surface area contributed by atoms with Gasteiger partial charge in [0.1, 0.15) is 12.1 Å². The van der Waals surface area contributed by atoms with Crippen LogP contribution in [0.4, 0.5) is 0 Å². The van der Waals surface area contributed by atoms with Gasteiger partial charge < -0.3 is 5.73 Å². The lowest BCUT2D eigenvalue weighted by Crippen LogP contribution is -2.34. The second-order valence-corrected chi connectivity index (χ2v) is 3.40. The van der Waals surface area contributed by atoms with Gasteiger partial charge >= 0.3 is 0 Å². The molecule has 0 fully saturated rings. The number of unbranched alkanes of at least 4 members (excludes halogenated alkanes) is 2. The third-order valence-electron chi connectivity index (χ3n) is 2.16. The van der Waals surface area contributed by atoms with Crippen LogP contribution in [0.1, 0.15) is 36.5 Å². The Balaban J connectivity index is 2.59. The number of carbonyl (C=O) groups is 1. The van der Waals surface area contributed by atoms with Crippen LogP contribution in [0.5, 0.6) is 0 Å². The summed E-state index contributed by atoms with van der Waals surface area (Å²) >= 11 is 0. The molecule has 0 radical (unpaired) electrons. The first-order chi connectivity index (χ1) is 6.74. The Bertz CT molecular complexity index is 310. The molecule has 0 saturated heterocycles. The first-order valence-electron chi connectivity index (χ1n) is 5.03. The average Bonchev–Trinajstić information content (AvgIpc) is 2.19. The van der Waals surface area contributed by atoms with Gasteiger partial charge in [0.25, 0.3) is 5.91 Å². The summed E-state index contributed by atoms with van der Waals surface area (Å²) in [6.07, 6.45) is 7.33. The molecule has 0 saturated carbocycles. The third kappa shape index (κ3) is 3.17. The van der Waals surface area contributed by atoms with Gasteiger partial charge in [-0.1, -0.05) is 13.3 Å². The standard InChI is InChI=1S/C11H16N2O/c1-2-3-4-7-13-8-5-6-10(9-13)11(12)14/h5-6,8-9H,2-4,7H2,1H3,(H-,12,14)/p+1. The van der Waals surface area contributed by atoms with Crippen LogP contribution in [0.3, 0.4) is 0 Å². The van der Waals surface area contributed by atoms with Gasteiger partial charge in [0.05, 0.1) is 0 Å². The Morgan fingerprint density at radius 2 is 2.29 bits per heavy atom. The molecular formula is C11H17N2O+. The van der Waals surface area contributed by atoms with Gasteiger partial charge in [-0.25, -0.2) is 4.57 Å². The monoisotopic (exact) mass is 193 g/mol. The number of hydrogen-bond donors (Lipinski definition) is 1. The zero-order valence-corrected chi connectivity index (χ0v) is 8.57. The fourth-order valence-electron chi connectivity index (χ4n) is 1.35. The van der Waals surface area contributed by atoms with Crippen molar-refractivity contribution in [2.45, 2.75) is 32.7 Å². The molecule has 0 aliphatic rings. The molecular weight excluding hydrogens is 176 g/mol. The zero-order chi connectivity index (χ0) is 10.4. The highest BCUT2D eigenvalue weighted by atomic mass is 16.1. The Morgan fingerprint density at radius 3 is 2.93 bits per heavy atom. The van der Waals surface area contributed by atoms with Gasteiger partial charge in [0, 0.05) is 12.5 Å². The summed E-state index contributed by atoms with van der Waals surface area (Å²) in [5.41, 5.74) is 5.76. The first-order valence-corrected chi connectivity index (χ1v) is 5.03. The van der Waals surface area contributed by atoms with Gasteiger partial charge in [-0.2, -0.15) is 0 Å². The molecule has 1 aromatic heterocycles. The molecule has 1 rings (SSSR count). The van der Waals surface area contributed by atoms with Gasteiger partial charge in [0.2, 0.25) is 0 Å². The van der Waals surface area contributed by atoms with E-state index in [4.69, 9.17) is 5.73 Å². The minimum Gasteiger partial charge on any atom is -0.365 e. The number of aryl methyl sites for hydroxylation is 1. The zero-order valence-electron chi connectivity index (χ0n) is 8.57. The summed E-state index contributed by atoms with van der Waals surface area (Å²) < 4.78 is 2.01. The topological polar surface area (TPSA) is 47.0 Å². The summed E-state index contributed by atoms with van der Waals surface area (Å²) in [4.78, 5) is 10.9. The fourth-order valence-corrected chi connectivity index (χ4v) is 1.35. The van der Waals surface area contributed by atoms with E-state index in [0.29, 0.717) is 5.56 Å². The highest BCUT2D eigenvalue weighted by Gasteiger charge is 2.05. The van der Waals surface area contributed by atoms with Gasteiger partial charge in [0.15, 0.2) is 12.4 Å². The Hall–Kier alpha value is -1.38. The molecule has 1 heterocycles. The van der Waals surface area contributed by atoms with Crippen LogP contribution in [0.2, 0.25) is 0 Å². The molecule has 0 aromatic carbocycles. The lowest BCUT2D eigenvalue weighted by Gasteiger charge is -1.97. The van der Waals surface area contributed by atoms with Crippen molar-refractivity contribution in [2.24, 2.45) is 5.73 Å². The van der Waals surface area contributed by atoms with Gasteiger partial charge in [-0.3, -0.25) is 4.79 Å². The Kier molecular flexibility index (Phi) is 4.11. The van der Waals surface area contributed by atoms with Crippen LogP contribution >= 0.6 is 0 Å². The normalized spacial score (nSPS) is 10.1. The van der Waals surface area contributed by atoms with E-state index in [2.05, 4.69) is 6.92 Å². The van der Waals surface area contributed by atoms with Crippen LogP contribution in [-0.4, -0.2) is 5.91 Å². The van der Waals surface area contributed by atoms with Crippen molar-refractivity contribution >= 4 is 5.91 Å². The van der Waals surface area contributed by atoms with E-state index in [0.717, 1.165) is 13.0 Å². The SMILES string of the molecule is CCCCC[n+]1cccc(C(N)=O)c1. The molecule has 2 N–H and O–H groups in total. The molecule has 14 heavy (non-hydrogen) atoms. The molecule has 0 aliphatic heterocycles. The van der Waals surface area contributed by atoms with Crippen LogP contribution in [0, 0.1) is 0 Å². The van der Waals surface area contributed by atoms with Crippen molar-refractivity contribution in [1.82, 2.24) is 0 Å². The van der Waals surface area contributed by atoms with E-state index in [9.17, 15) is 4.79 Å². The van der Waals surface area contributed by atoms with Crippen LogP contribution < -0.4 is 10.3 Å². The number of nitrogens with zero attached hydrogens (tertiary/aromatic N) is 1. The van der Waals surface area contributed by atoms with E-state index in [1.165, 1.54) is 12.8 Å². The molecule has 3 nitrogen and oxygen atoms in total. The van der Waals surface area contributed by atoms with Crippen molar-refractivity contribution in [2.75, 3.05) is 0 Å². The predicted molar refractivity (Wildman–Crippen MR) is 54.7 cm³/mol. The Morgan fingerprint density at radius 1 is 1.50 bits per heavy atom. The van der Waals surface area contributed by atoms with Crippen molar-refractivity contribution in [3.05, 3.63) is 30.1 Å².